The molecule has 6 heteroatoms. The van der Waals surface area contributed by atoms with Crippen molar-refractivity contribution in [3.63, 3.8) is 0 Å². The van der Waals surface area contributed by atoms with Crippen molar-refractivity contribution in [3.05, 3.63) is 22.0 Å². The van der Waals surface area contributed by atoms with Crippen molar-refractivity contribution in [2.45, 2.75) is 26.2 Å². The van der Waals surface area contributed by atoms with Gasteiger partial charge in [-0.3, -0.25) is 0 Å². The molecule has 0 aliphatic rings. The van der Waals surface area contributed by atoms with Crippen LogP contribution in [0.5, 0.6) is 0 Å². The van der Waals surface area contributed by atoms with Crippen LogP contribution in [0.25, 0.3) is 10.6 Å². The van der Waals surface area contributed by atoms with Gasteiger partial charge in [0.15, 0.2) is 9.68 Å². The van der Waals surface area contributed by atoms with Crippen LogP contribution in [0.1, 0.15) is 24.8 Å². The molecule has 0 unspecified atom stereocenters. The number of hydrogen-bond acceptors (Lipinski definition) is 5. The van der Waals surface area contributed by atoms with Crippen molar-refractivity contribution in [3.8, 4) is 10.6 Å². The zero-order valence-electron chi connectivity index (χ0n) is 10.3. The van der Waals surface area contributed by atoms with E-state index < -0.39 is 0 Å². The third-order valence-electron chi connectivity index (χ3n) is 2.49. The normalized spacial score (nSPS) is 11.0. The maximum atomic E-state index is 5.20. The molecular formula is C12H16BrN3OS. The second-order valence-corrected chi connectivity index (χ2v) is 5.74. The van der Waals surface area contributed by atoms with E-state index in [1.165, 1.54) is 6.42 Å². The van der Waals surface area contributed by atoms with Gasteiger partial charge in [-0.2, -0.15) is 0 Å². The molecule has 0 aromatic carbocycles. The molecule has 0 spiro atoms. The number of nitrogens with zero attached hydrogens (tertiary/aromatic N) is 2. The molecule has 0 radical (unpaired) electrons. The SMILES string of the molecule is CCCNCCCc1nnc(-c2ccoc2Br)s1. The summed E-state index contributed by atoms with van der Waals surface area (Å²) in [5.74, 6) is 0. The molecule has 0 atom stereocenters. The Bertz CT molecular complexity index is 483. The van der Waals surface area contributed by atoms with E-state index in [1.807, 2.05) is 6.07 Å². The summed E-state index contributed by atoms with van der Waals surface area (Å²) in [6.07, 6.45) is 4.90. The lowest BCUT2D eigenvalue weighted by Crippen LogP contribution is -2.16. The first-order chi connectivity index (χ1) is 8.81. The monoisotopic (exact) mass is 329 g/mol. The van der Waals surface area contributed by atoms with Crippen LogP contribution in [0.15, 0.2) is 21.4 Å². The van der Waals surface area contributed by atoms with E-state index in [4.69, 9.17) is 4.42 Å². The Kier molecular flexibility index (Phi) is 5.34. The van der Waals surface area contributed by atoms with Crippen LogP contribution in [0.3, 0.4) is 0 Å². The van der Waals surface area contributed by atoms with Gasteiger partial charge in [0.05, 0.1) is 11.8 Å². The molecule has 2 heterocycles. The number of halogens is 1. The maximum Gasteiger partial charge on any atom is 0.179 e. The van der Waals surface area contributed by atoms with Gasteiger partial charge in [0, 0.05) is 6.42 Å². The molecule has 0 bridgehead atoms. The number of nitrogens with one attached hydrogen (secondary N) is 1. The summed E-state index contributed by atoms with van der Waals surface area (Å²) < 4.78 is 5.92. The highest BCUT2D eigenvalue weighted by Crippen LogP contribution is 2.31. The Labute approximate surface area is 119 Å². The molecule has 0 saturated carbocycles. The predicted molar refractivity (Wildman–Crippen MR) is 76.8 cm³/mol. The summed E-state index contributed by atoms with van der Waals surface area (Å²) in [5, 5.41) is 13.8. The highest BCUT2D eigenvalue weighted by atomic mass is 79.9. The fourth-order valence-corrected chi connectivity index (χ4v) is 3.04. The van der Waals surface area contributed by atoms with Crippen LogP contribution in [0.2, 0.25) is 0 Å². The lowest BCUT2D eigenvalue weighted by Gasteiger charge is -1.99. The zero-order chi connectivity index (χ0) is 12.8. The van der Waals surface area contributed by atoms with Crippen LogP contribution in [-0.4, -0.2) is 23.3 Å². The minimum Gasteiger partial charge on any atom is -0.457 e. The molecule has 0 fully saturated rings. The Hall–Kier alpha value is -0.720. The van der Waals surface area contributed by atoms with Crippen molar-refractivity contribution in [2.24, 2.45) is 0 Å². The fourth-order valence-electron chi connectivity index (χ4n) is 1.58. The Morgan fingerprint density at radius 1 is 1.39 bits per heavy atom. The Balaban J connectivity index is 1.85. The van der Waals surface area contributed by atoms with Gasteiger partial charge in [-0.1, -0.05) is 18.3 Å². The van der Waals surface area contributed by atoms with Gasteiger partial charge in [0.1, 0.15) is 5.01 Å². The van der Waals surface area contributed by atoms with Crippen molar-refractivity contribution in [2.75, 3.05) is 13.1 Å². The average molecular weight is 330 g/mol. The van der Waals surface area contributed by atoms with E-state index in [-0.39, 0.29) is 0 Å². The molecule has 98 valence electrons. The maximum absolute atomic E-state index is 5.20. The molecule has 2 aromatic heterocycles. The van der Waals surface area contributed by atoms with Crippen molar-refractivity contribution < 1.29 is 4.42 Å². The second kappa shape index (κ2) is 7.01. The van der Waals surface area contributed by atoms with Crippen molar-refractivity contribution in [1.29, 1.82) is 0 Å². The Morgan fingerprint density at radius 2 is 2.28 bits per heavy atom. The molecule has 0 aliphatic carbocycles. The summed E-state index contributed by atoms with van der Waals surface area (Å²) in [6, 6.07) is 1.90. The number of furan rings is 1. The first-order valence-electron chi connectivity index (χ1n) is 6.07. The van der Waals surface area contributed by atoms with Gasteiger partial charge < -0.3 is 9.73 Å². The van der Waals surface area contributed by atoms with Gasteiger partial charge in [-0.25, -0.2) is 0 Å². The lowest BCUT2D eigenvalue weighted by atomic mass is 10.3. The van der Waals surface area contributed by atoms with Crippen molar-refractivity contribution >= 4 is 27.3 Å². The summed E-state index contributed by atoms with van der Waals surface area (Å²) >= 11 is 4.98. The third kappa shape index (κ3) is 3.63. The third-order valence-corrected chi connectivity index (χ3v) is 4.12. The van der Waals surface area contributed by atoms with Crippen LogP contribution in [0, 0.1) is 0 Å². The van der Waals surface area contributed by atoms with Gasteiger partial charge in [0.25, 0.3) is 0 Å². The molecule has 4 nitrogen and oxygen atoms in total. The number of rotatable bonds is 7. The van der Waals surface area contributed by atoms with Gasteiger partial charge >= 0.3 is 0 Å². The summed E-state index contributed by atoms with van der Waals surface area (Å²) in [4.78, 5) is 0. The molecule has 18 heavy (non-hydrogen) atoms. The van der Waals surface area contributed by atoms with Crippen LogP contribution < -0.4 is 5.32 Å². The lowest BCUT2D eigenvalue weighted by molar-refractivity contribution is 0.542. The summed E-state index contributed by atoms with van der Waals surface area (Å²) in [7, 11) is 0. The van der Waals surface area contributed by atoms with Crippen molar-refractivity contribution in [1.82, 2.24) is 15.5 Å². The van der Waals surface area contributed by atoms with E-state index in [1.54, 1.807) is 17.6 Å². The zero-order valence-corrected chi connectivity index (χ0v) is 12.7. The first kappa shape index (κ1) is 13.7. The van der Waals surface area contributed by atoms with E-state index in [0.717, 1.165) is 46.2 Å². The smallest absolute Gasteiger partial charge is 0.179 e. The second-order valence-electron chi connectivity index (χ2n) is 3.96. The first-order valence-corrected chi connectivity index (χ1v) is 7.68. The van der Waals surface area contributed by atoms with Crippen LogP contribution in [-0.2, 0) is 6.42 Å². The van der Waals surface area contributed by atoms with Gasteiger partial charge in [-0.05, 0) is 47.9 Å². The van der Waals surface area contributed by atoms with Gasteiger partial charge in [0.2, 0.25) is 0 Å². The van der Waals surface area contributed by atoms with E-state index in [0.29, 0.717) is 0 Å². The summed E-state index contributed by atoms with van der Waals surface area (Å²) in [5.41, 5.74) is 0.975. The fraction of sp³-hybridized carbons (Fsp3) is 0.500. The molecule has 0 aliphatic heterocycles. The van der Waals surface area contributed by atoms with Crippen LogP contribution >= 0.6 is 27.3 Å². The topological polar surface area (TPSA) is 51.0 Å². The molecule has 0 amide bonds. The molecule has 1 N–H and O–H groups in total. The average Bonchev–Trinajstić information content (AvgIpc) is 2.97. The Morgan fingerprint density at radius 3 is 3.00 bits per heavy atom. The minimum absolute atomic E-state index is 0.717. The summed E-state index contributed by atoms with van der Waals surface area (Å²) in [6.45, 7) is 4.30. The van der Waals surface area contributed by atoms with Gasteiger partial charge in [-0.15, -0.1) is 10.2 Å². The molecule has 2 aromatic rings. The van der Waals surface area contributed by atoms with E-state index in [2.05, 4.69) is 38.4 Å². The molecule has 2 rings (SSSR count). The van der Waals surface area contributed by atoms with E-state index >= 15 is 0 Å². The predicted octanol–water partition coefficient (Wildman–Crippen LogP) is 3.49. The largest absolute Gasteiger partial charge is 0.457 e. The minimum atomic E-state index is 0.717. The molecule has 0 saturated heterocycles. The number of hydrogen-bond donors (Lipinski definition) is 1. The highest BCUT2D eigenvalue weighted by molar-refractivity contribution is 9.10. The number of aryl methyl sites for hydroxylation is 1. The standard InChI is InChI=1S/C12H16BrN3OS/c1-2-6-14-7-3-4-10-15-16-12(18-10)9-5-8-17-11(9)13/h5,8,14H,2-4,6-7H2,1H3. The number of aromatic nitrogens is 2. The highest BCUT2D eigenvalue weighted by Gasteiger charge is 2.11. The van der Waals surface area contributed by atoms with E-state index in [9.17, 15) is 0 Å². The van der Waals surface area contributed by atoms with Crippen LogP contribution in [0.4, 0.5) is 0 Å². The molecular weight excluding hydrogens is 314 g/mol. The quantitative estimate of drug-likeness (QED) is 0.790.